The SMILES string of the molecule is O=c1c2cc(Cl)ccc2oc2cc(-c3ccccc3)n(-c3ccccc3)c12. The molecule has 0 aliphatic carbocycles. The van der Waals surface area contributed by atoms with Gasteiger partial charge in [-0.2, -0.15) is 0 Å². The Labute approximate surface area is 160 Å². The largest absolute Gasteiger partial charge is 0.454 e. The van der Waals surface area contributed by atoms with Gasteiger partial charge in [-0.05, 0) is 35.9 Å². The van der Waals surface area contributed by atoms with E-state index in [0.29, 0.717) is 27.1 Å². The number of fused-ring (bicyclic) bond motifs is 2. The number of hydrogen-bond donors (Lipinski definition) is 0. The first kappa shape index (κ1) is 15.9. The van der Waals surface area contributed by atoms with Gasteiger partial charge in [-0.3, -0.25) is 4.79 Å². The van der Waals surface area contributed by atoms with Gasteiger partial charge in [0.2, 0.25) is 5.43 Å². The second kappa shape index (κ2) is 6.15. The molecule has 0 atom stereocenters. The predicted octanol–water partition coefficient (Wildman–Crippen LogP) is 6.06. The molecule has 2 heterocycles. The zero-order valence-electron chi connectivity index (χ0n) is 14.2. The first-order valence-corrected chi connectivity index (χ1v) is 8.99. The van der Waals surface area contributed by atoms with E-state index >= 15 is 0 Å². The van der Waals surface area contributed by atoms with Gasteiger partial charge in [-0.1, -0.05) is 60.1 Å². The lowest BCUT2D eigenvalue weighted by Gasteiger charge is -2.10. The highest BCUT2D eigenvalue weighted by atomic mass is 35.5. The molecule has 0 saturated carbocycles. The lowest BCUT2D eigenvalue weighted by atomic mass is 10.1. The molecule has 0 fully saturated rings. The van der Waals surface area contributed by atoms with Crippen LogP contribution in [0.15, 0.2) is 94.1 Å². The zero-order chi connectivity index (χ0) is 18.4. The molecule has 3 nitrogen and oxygen atoms in total. The third kappa shape index (κ3) is 2.56. The molecular weight excluding hydrogens is 358 g/mol. The van der Waals surface area contributed by atoms with Gasteiger partial charge >= 0.3 is 0 Å². The Morgan fingerprint density at radius 2 is 1.48 bits per heavy atom. The molecule has 0 amide bonds. The van der Waals surface area contributed by atoms with Gasteiger partial charge in [-0.15, -0.1) is 0 Å². The van der Waals surface area contributed by atoms with Crippen molar-refractivity contribution < 1.29 is 4.42 Å². The Bertz CT molecular complexity index is 1340. The van der Waals surface area contributed by atoms with Gasteiger partial charge < -0.3 is 8.98 Å². The summed E-state index contributed by atoms with van der Waals surface area (Å²) in [5.74, 6) is 0. The molecule has 0 aliphatic heterocycles. The average Bonchev–Trinajstić information content (AvgIpc) is 3.10. The van der Waals surface area contributed by atoms with Crippen molar-refractivity contribution in [1.82, 2.24) is 4.57 Å². The topological polar surface area (TPSA) is 35.1 Å². The summed E-state index contributed by atoms with van der Waals surface area (Å²) >= 11 is 6.11. The fraction of sp³-hybridized carbons (Fsp3) is 0. The van der Waals surface area contributed by atoms with E-state index in [1.807, 2.05) is 71.3 Å². The van der Waals surface area contributed by atoms with E-state index < -0.39 is 0 Å². The zero-order valence-corrected chi connectivity index (χ0v) is 15.0. The molecule has 5 aromatic rings. The summed E-state index contributed by atoms with van der Waals surface area (Å²) in [4.78, 5) is 13.3. The van der Waals surface area contributed by atoms with E-state index in [2.05, 4.69) is 0 Å². The van der Waals surface area contributed by atoms with Crippen molar-refractivity contribution in [2.45, 2.75) is 0 Å². The molecular formula is C23H14ClNO2. The number of nitrogens with zero attached hydrogens (tertiary/aromatic N) is 1. The minimum atomic E-state index is -0.0974. The van der Waals surface area contributed by atoms with E-state index in [-0.39, 0.29) is 5.43 Å². The summed E-state index contributed by atoms with van der Waals surface area (Å²) < 4.78 is 8.02. The third-order valence-corrected chi connectivity index (χ3v) is 4.91. The van der Waals surface area contributed by atoms with E-state index in [9.17, 15) is 4.79 Å². The number of aromatic nitrogens is 1. The molecule has 0 saturated heterocycles. The van der Waals surface area contributed by atoms with Crippen molar-refractivity contribution in [2.24, 2.45) is 0 Å². The Morgan fingerprint density at radius 3 is 2.22 bits per heavy atom. The van der Waals surface area contributed by atoms with Crippen LogP contribution in [0.25, 0.3) is 39.0 Å². The molecule has 0 aliphatic rings. The van der Waals surface area contributed by atoms with Gasteiger partial charge in [0.25, 0.3) is 0 Å². The van der Waals surface area contributed by atoms with Crippen molar-refractivity contribution in [2.75, 3.05) is 0 Å². The molecule has 27 heavy (non-hydrogen) atoms. The second-order valence-electron chi connectivity index (χ2n) is 6.35. The fourth-order valence-corrected chi connectivity index (χ4v) is 3.63. The number of hydrogen-bond acceptors (Lipinski definition) is 2. The minimum Gasteiger partial charge on any atom is -0.454 e. The maximum absolute atomic E-state index is 13.3. The number of halogens is 1. The molecule has 130 valence electrons. The van der Waals surface area contributed by atoms with Crippen LogP contribution < -0.4 is 5.43 Å². The highest BCUT2D eigenvalue weighted by Crippen LogP contribution is 2.32. The summed E-state index contributed by atoms with van der Waals surface area (Å²) in [5.41, 5.74) is 4.31. The van der Waals surface area contributed by atoms with Crippen LogP contribution >= 0.6 is 11.6 Å². The Kier molecular flexibility index (Phi) is 3.62. The molecule has 4 heteroatoms. The first-order valence-electron chi connectivity index (χ1n) is 8.61. The van der Waals surface area contributed by atoms with Crippen LogP contribution in [0.2, 0.25) is 5.02 Å². The maximum atomic E-state index is 13.3. The van der Waals surface area contributed by atoms with Crippen LogP contribution in [-0.4, -0.2) is 4.57 Å². The first-order chi connectivity index (χ1) is 13.2. The maximum Gasteiger partial charge on any atom is 0.217 e. The van der Waals surface area contributed by atoms with Crippen LogP contribution in [0.1, 0.15) is 0 Å². The van der Waals surface area contributed by atoms with Crippen LogP contribution in [-0.2, 0) is 0 Å². The van der Waals surface area contributed by atoms with Crippen LogP contribution in [0, 0.1) is 0 Å². The van der Waals surface area contributed by atoms with Gasteiger partial charge in [0.05, 0.1) is 11.1 Å². The van der Waals surface area contributed by atoms with E-state index in [4.69, 9.17) is 16.0 Å². The minimum absolute atomic E-state index is 0.0974. The molecule has 0 radical (unpaired) electrons. The summed E-state index contributed by atoms with van der Waals surface area (Å²) in [6.45, 7) is 0. The Morgan fingerprint density at radius 1 is 0.778 bits per heavy atom. The molecule has 0 unspecified atom stereocenters. The third-order valence-electron chi connectivity index (χ3n) is 4.67. The van der Waals surface area contributed by atoms with Crippen LogP contribution in [0.4, 0.5) is 0 Å². The molecule has 3 aromatic carbocycles. The Hall–Kier alpha value is -3.30. The van der Waals surface area contributed by atoms with Gasteiger partial charge in [0.15, 0.2) is 5.58 Å². The highest BCUT2D eigenvalue weighted by molar-refractivity contribution is 6.31. The number of rotatable bonds is 2. The standard InChI is InChI=1S/C23H14ClNO2/c24-16-11-12-20-18(13-16)23(26)22-21(27-20)14-19(15-7-3-1-4-8-15)25(22)17-9-5-2-6-10-17/h1-14H. The summed E-state index contributed by atoms with van der Waals surface area (Å²) in [6.07, 6.45) is 0. The number of para-hydroxylation sites is 1. The van der Waals surface area contributed by atoms with Crippen molar-refractivity contribution in [3.05, 3.63) is 100 Å². The molecule has 2 aromatic heterocycles. The Balaban J connectivity index is 1.97. The lowest BCUT2D eigenvalue weighted by Crippen LogP contribution is -2.08. The van der Waals surface area contributed by atoms with Crippen LogP contribution in [0.5, 0.6) is 0 Å². The summed E-state index contributed by atoms with van der Waals surface area (Å²) in [7, 11) is 0. The van der Waals surface area contributed by atoms with Crippen molar-refractivity contribution >= 4 is 33.7 Å². The van der Waals surface area contributed by atoms with Crippen LogP contribution in [0.3, 0.4) is 0 Å². The van der Waals surface area contributed by atoms with Crippen molar-refractivity contribution in [3.63, 3.8) is 0 Å². The van der Waals surface area contributed by atoms with Gasteiger partial charge in [0, 0.05) is 16.8 Å². The molecule has 0 N–H and O–H groups in total. The van der Waals surface area contributed by atoms with Crippen molar-refractivity contribution in [3.8, 4) is 16.9 Å². The average molecular weight is 372 g/mol. The van der Waals surface area contributed by atoms with E-state index in [1.165, 1.54) is 0 Å². The molecule has 5 rings (SSSR count). The number of benzene rings is 3. The smallest absolute Gasteiger partial charge is 0.217 e. The quantitative estimate of drug-likeness (QED) is 0.378. The highest BCUT2D eigenvalue weighted by Gasteiger charge is 2.18. The second-order valence-corrected chi connectivity index (χ2v) is 6.79. The van der Waals surface area contributed by atoms with E-state index in [0.717, 1.165) is 16.9 Å². The van der Waals surface area contributed by atoms with Gasteiger partial charge in [-0.25, -0.2) is 0 Å². The predicted molar refractivity (Wildman–Crippen MR) is 110 cm³/mol. The van der Waals surface area contributed by atoms with Gasteiger partial charge in [0.1, 0.15) is 11.1 Å². The fourth-order valence-electron chi connectivity index (χ4n) is 3.46. The monoisotopic (exact) mass is 371 g/mol. The lowest BCUT2D eigenvalue weighted by molar-refractivity contribution is 0.660. The summed E-state index contributed by atoms with van der Waals surface area (Å²) in [5, 5.41) is 0.986. The van der Waals surface area contributed by atoms with E-state index in [1.54, 1.807) is 18.2 Å². The van der Waals surface area contributed by atoms with Crippen molar-refractivity contribution in [1.29, 1.82) is 0 Å². The normalized spacial score (nSPS) is 11.3. The molecule has 0 bridgehead atoms. The molecule has 0 spiro atoms. The summed E-state index contributed by atoms with van der Waals surface area (Å²) in [6, 6.07) is 26.8.